The summed E-state index contributed by atoms with van der Waals surface area (Å²) in [5, 5.41) is 20.2. The third kappa shape index (κ3) is 1.75. The van der Waals surface area contributed by atoms with Crippen LogP contribution in [-0.4, -0.2) is 16.3 Å². The van der Waals surface area contributed by atoms with Crippen molar-refractivity contribution in [3.63, 3.8) is 0 Å². The highest BCUT2D eigenvalue weighted by Gasteiger charge is 2.32. The summed E-state index contributed by atoms with van der Waals surface area (Å²) in [7, 11) is 0. The Bertz CT molecular complexity index is 501. The average Bonchev–Trinajstić information content (AvgIpc) is 2.27. The van der Waals surface area contributed by atoms with Crippen molar-refractivity contribution < 1.29 is 19.2 Å². The zero-order valence-electron chi connectivity index (χ0n) is 8.85. The number of halogens is 1. The van der Waals surface area contributed by atoms with Crippen LogP contribution in [0.3, 0.4) is 0 Å². The van der Waals surface area contributed by atoms with Crippen molar-refractivity contribution in [1.29, 1.82) is 0 Å². The van der Waals surface area contributed by atoms with Gasteiger partial charge in [-0.05, 0) is 19.3 Å². The van der Waals surface area contributed by atoms with Gasteiger partial charge in [-0.3, -0.25) is 10.1 Å². The lowest BCUT2D eigenvalue weighted by Gasteiger charge is -2.21. The molecule has 1 atom stereocenters. The molecule has 0 saturated carbocycles. The minimum absolute atomic E-state index is 0.0655. The molecule has 17 heavy (non-hydrogen) atoms. The summed E-state index contributed by atoms with van der Waals surface area (Å²) < 4.78 is 13.7. The predicted molar refractivity (Wildman–Crippen MR) is 56.5 cm³/mol. The Morgan fingerprint density at radius 1 is 1.59 bits per heavy atom. The molecule has 1 N–H and O–H groups in total. The molecule has 1 unspecified atom stereocenters. The molecule has 90 valence electrons. The zero-order chi connectivity index (χ0) is 12.6. The molecule has 1 aliphatic rings. The minimum Gasteiger partial charge on any atom is -0.502 e. The standard InChI is InChI=1S/C11H10FNO4/c12-8-4-9(15)11(13(16)17)7-3-1-2-6(5-14)10(7)8/h4-6,15H,1-3H2. The number of nitro benzene ring substituents is 1. The third-order valence-electron chi connectivity index (χ3n) is 3.03. The number of phenolic OH excluding ortho intramolecular Hbond substituents is 1. The van der Waals surface area contributed by atoms with E-state index in [4.69, 9.17) is 0 Å². The number of nitrogens with zero attached hydrogens (tertiary/aromatic N) is 1. The highest BCUT2D eigenvalue weighted by Crippen LogP contribution is 2.41. The van der Waals surface area contributed by atoms with E-state index in [-0.39, 0.29) is 11.1 Å². The topological polar surface area (TPSA) is 80.4 Å². The van der Waals surface area contributed by atoms with Crippen LogP contribution < -0.4 is 0 Å². The summed E-state index contributed by atoms with van der Waals surface area (Å²) in [6, 6.07) is 0.707. The van der Waals surface area contributed by atoms with E-state index in [0.717, 1.165) is 0 Å². The van der Waals surface area contributed by atoms with Crippen molar-refractivity contribution in [2.75, 3.05) is 0 Å². The molecule has 0 bridgehead atoms. The number of rotatable bonds is 2. The Morgan fingerprint density at radius 2 is 2.29 bits per heavy atom. The van der Waals surface area contributed by atoms with Gasteiger partial charge in [0.2, 0.25) is 0 Å². The molecule has 0 aliphatic heterocycles. The van der Waals surface area contributed by atoms with Crippen molar-refractivity contribution in [3.8, 4) is 5.75 Å². The van der Waals surface area contributed by atoms with Crippen molar-refractivity contribution >= 4 is 12.0 Å². The Labute approximate surface area is 96.0 Å². The van der Waals surface area contributed by atoms with Crippen LogP contribution >= 0.6 is 0 Å². The molecule has 5 nitrogen and oxygen atoms in total. The molecule has 1 aromatic carbocycles. The highest BCUT2D eigenvalue weighted by molar-refractivity contribution is 5.68. The SMILES string of the molecule is O=CC1CCCc2c1c(F)cc(O)c2[N+](=O)[O-]. The number of aromatic hydroxyl groups is 1. The molecule has 0 saturated heterocycles. The highest BCUT2D eigenvalue weighted by atomic mass is 19.1. The predicted octanol–water partition coefficient (Wildman–Crippen LogP) is 2.06. The monoisotopic (exact) mass is 239 g/mol. The summed E-state index contributed by atoms with van der Waals surface area (Å²) in [4.78, 5) is 20.9. The minimum atomic E-state index is -0.750. The van der Waals surface area contributed by atoms with E-state index in [9.17, 15) is 24.4 Å². The van der Waals surface area contributed by atoms with E-state index in [2.05, 4.69) is 0 Å². The maximum absolute atomic E-state index is 13.7. The third-order valence-corrected chi connectivity index (χ3v) is 3.03. The molecule has 0 aromatic heterocycles. The van der Waals surface area contributed by atoms with E-state index >= 15 is 0 Å². The van der Waals surface area contributed by atoms with Gasteiger partial charge in [-0.25, -0.2) is 4.39 Å². The van der Waals surface area contributed by atoms with Gasteiger partial charge in [0, 0.05) is 23.1 Å². The van der Waals surface area contributed by atoms with Crippen LogP contribution in [0, 0.1) is 15.9 Å². The molecule has 1 aromatic rings. The maximum atomic E-state index is 13.7. The Morgan fingerprint density at radius 3 is 2.88 bits per heavy atom. The summed E-state index contributed by atoms with van der Waals surface area (Å²) in [6.07, 6.45) is 1.96. The summed E-state index contributed by atoms with van der Waals surface area (Å²) in [5.41, 5.74) is -0.264. The second-order valence-electron chi connectivity index (χ2n) is 4.01. The number of hydrogen-bond acceptors (Lipinski definition) is 4. The zero-order valence-corrected chi connectivity index (χ0v) is 8.85. The average molecular weight is 239 g/mol. The van der Waals surface area contributed by atoms with Crippen LogP contribution in [0.25, 0.3) is 0 Å². The number of hydrogen-bond donors (Lipinski definition) is 1. The molecule has 0 heterocycles. The quantitative estimate of drug-likeness (QED) is 0.486. The van der Waals surface area contributed by atoms with Gasteiger partial charge in [0.1, 0.15) is 12.1 Å². The second kappa shape index (κ2) is 4.12. The summed E-state index contributed by atoms with van der Waals surface area (Å²) in [6.45, 7) is 0. The van der Waals surface area contributed by atoms with Crippen molar-refractivity contribution in [2.45, 2.75) is 25.2 Å². The number of nitro groups is 1. The van der Waals surface area contributed by atoms with Gasteiger partial charge in [0.05, 0.1) is 4.92 Å². The van der Waals surface area contributed by atoms with Crippen LogP contribution in [-0.2, 0) is 11.2 Å². The largest absolute Gasteiger partial charge is 0.502 e. The Hall–Kier alpha value is -1.98. The fraction of sp³-hybridized carbons (Fsp3) is 0.364. The van der Waals surface area contributed by atoms with Crippen LogP contribution in [0.15, 0.2) is 6.07 Å². The van der Waals surface area contributed by atoms with Crippen LogP contribution in [0.4, 0.5) is 10.1 Å². The van der Waals surface area contributed by atoms with Crippen molar-refractivity contribution in [2.24, 2.45) is 0 Å². The van der Waals surface area contributed by atoms with E-state index in [1.807, 2.05) is 0 Å². The molecule has 6 heteroatoms. The van der Waals surface area contributed by atoms with E-state index in [1.54, 1.807) is 0 Å². The van der Waals surface area contributed by atoms with Gasteiger partial charge in [-0.2, -0.15) is 0 Å². The van der Waals surface area contributed by atoms with Crippen molar-refractivity contribution in [1.82, 2.24) is 0 Å². The van der Waals surface area contributed by atoms with Gasteiger partial charge >= 0.3 is 5.69 Å². The Balaban J connectivity index is 2.73. The van der Waals surface area contributed by atoms with Crippen LogP contribution in [0.1, 0.15) is 29.9 Å². The number of fused-ring (bicyclic) bond motifs is 1. The number of benzene rings is 1. The molecule has 0 spiro atoms. The van der Waals surface area contributed by atoms with E-state index in [0.29, 0.717) is 31.6 Å². The second-order valence-corrected chi connectivity index (χ2v) is 4.01. The first-order valence-electron chi connectivity index (χ1n) is 5.20. The van der Waals surface area contributed by atoms with E-state index in [1.165, 1.54) is 0 Å². The number of aldehydes is 1. The molecule has 0 radical (unpaired) electrons. The van der Waals surface area contributed by atoms with Crippen molar-refractivity contribution in [3.05, 3.63) is 33.1 Å². The van der Waals surface area contributed by atoms with Crippen LogP contribution in [0.5, 0.6) is 5.75 Å². The van der Waals surface area contributed by atoms with Crippen LogP contribution in [0.2, 0.25) is 0 Å². The van der Waals surface area contributed by atoms with Gasteiger partial charge < -0.3 is 9.90 Å². The first kappa shape index (κ1) is 11.5. The lowest BCUT2D eigenvalue weighted by atomic mass is 9.82. The molecular weight excluding hydrogens is 229 g/mol. The maximum Gasteiger partial charge on any atom is 0.314 e. The first-order chi connectivity index (χ1) is 8.06. The lowest BCUT2D eigenvalue weighted by Crippen LogP contribution is -2.15. The number of carbonyl (C=O) groups is 1. The van der Waals surface area contributed by atoms with Gasteiger partial charge in [-0.1, -0.05) is 0 Å². The number of carbonyl (C=O) groups excluding carboxylic acids is 1. The van der Waals surface area contributed by atoms with E-state index < -0.39 is 28.1 Å². The van der Waals surface area contributed by atoms with Gasteiger partial charge in [0.25, 0.3) is 0 Å². The molecule has 2 rings (SSSR count). The van der Waals surface area contributed by atoms with Gasteiger partial charge in [0.15, 0.2) is 5.75 Å². The fourth-order valence-electron chi connectivity index (χ4n) is 2.33. The van der Waals surface area contributed by atoms with Gasteiger partial charge in [-0.15, -0.1) is 0 Å². The molecule has 1 aliphatic carbocycles. The molecular formula is C11H10FNO4. The lowest BCUT2D eigenvalue weighted by molar-refractivity contribution is -0.386. The number of phenols is 1. The summed E-state index contributed by atoms with van der Waals surface area (Å²) in [5.74, 6) is -2.09. The molecule has 0 fully saturated rings. The fourth-order valence-corrected chi connectivity index (χ4v) is 2.33. The normalized spacial score (nSPS) is 18.5. The first-order valence-corrected chi connectivity index (χ1v) is 5.20. The smallest absolute Gasteiger partial charge is 0.314 e. The summed E-state index contributed by atoms with van der Waals surface area (Å²) >= 11 is 0. The molecule has 0 amide bonds. The Kier molecular flexibility index (Phi) is 2.79.